The number of carboxylic acid groups (broad SMARTS) is 1. The number of carbonyl (C=O) groups is 1. The van der Waals surface area contributed by atoms with Crippen LogP contribution in [0.5, 0.6) is 0 Å². The highest BCUT2D eigenvalue weighted by molar-refractivity contribution is 5.85. The molecular weight excluding hydrogens is 176 g/mol. The van der Waals surface area contributed by atoms with E-state index in [1.54, 1.807) is 6.92 Å². The highest BCUT2D eigenvalue weighted by Gasteiger charge is 2.03. The number of allylic oxidation sites excluding steroid dienone is 1. The molecule has 0 rings (SSSR count). The molecule has 0 saturated heterocycles. The van der Waals surface area contributed by atoms with Gasteiger partial charge >= 0.3 is 5.97 Å². The molecule has 0 heterocycles. The van der Waals surface area contributed by atoms with Crippen molar-refractivity contribution in [2.45, 2.75) is 52.9 Å². The molecule has 0 aliphatic carbocycles. The fourth-order valence-electron chi connectivity index (χ4n) is 1.47. The van der Waals surface area contributed by atoms with Crippen LogP contribution < -0.4 is 0 Å². The summed E-state index contributed by atoms with van der Waals surface area (Å²) in [5.41, 5.74) is 0.466. The van der Waals surface area contributed by atoms with Crippen LogP contribution in [-0.4, -0.2) is 11.1 Å². The van der Waals surface area contributed by atoms with E-state index >= 15 is 0 Å². The minimum atomic E-state index is -0.801. The van der Waals surface area contributed by atoms with Crippen LogP contribution in [0.15, 0.2) is 11.6 Å². The molecule has 0 aromatic rings. The van der Waals surface area contributed by atoms with Gasteiger partial charge in [-0.25, -0.2) is 4.79 Å². The smallest absolute Gasteiger partial charge is 0.330 e. The number of unbranched alkanes of at least 4 members (excludes halogenated alkanes) is 3. The Balaban J connectivity index is 3.69. The summed E-state index contributed by atoms with van der Waals surface area (Å²) in [6, 6.07) is 0. The molecule has 0 aromatic carbocycles. The first-order valence-corrected chi connectivity index (χ1v) is 5.49. The van der Waals surface area contributed by atoms with Crippen LogP contribution in [0.4, 0.5) is 0 Å². The van der Waals surface area contributed by atoms with Gasteiger partial charge in [0.1, 0.15) is 0 Å². The van der Waals surface area contributed by atoms with Gasteiger partial charge in [-0.2, -0.15) is 0 Å². The second-order valence-electron chi connectivity index (χ2n) is 3.98. The van der Waals surface area contributed by atoms with Gasteiger partial charge in [0.15, 0.2) is 0 Å². The maximum Gasteiger partial charge on any atom is 0.330 e. The van der Waals surface area contributed by atoms with Crippen LogP contribution in [0, 0.1) is 5.92 Å². The largest absolute Gasteiger partial charge is 0.478 e. The lowest BCUT2D eigenvalue weighted by Crippen LogP contribution is -1.99. The maximum absolute atomic E-state index is 10.5. The summed E-state index contributed by atoms with van der Waals surface area (Å²) < 4.78 is 0. The Labute approximate surface area is 87.0 Å². The molecule has 0 spiro atoms. The first-order chi connectivity index (χ1) is 6.57. The average Bonchev–Trinajstić information content (AvgIpc) is 2.12. The zero-order valence-electron chi connectivity index (χ0n) is 9.55. The van der Waals surface area contributed by atoms with Crippen molar-refractivity contribution in [3.05, 3.63) is 11.6 Å². The molecule has 0 aliphatic rings. The fourth-order valence-corrected chi connectivity index (χ4v) is 1.47. The van der Waals surface area contributed by atoms with E-state index in [9.17, 15) is 4.79 Å². The van der Waals surface area contributed by atoms with Crippen LogP contribution in [0.2, 0.25) is 0 Å². The van der Waals surface area contributed by atoms with Gasteiger partial charge in [-0.15, -0.1) is 0 Å². The number of hydrogen-bond acceptors (Lipinski definition) is 1. The van der Waals surface area contributed by atoms with Crippen molar-refractivity contribution >= 4 is 5.97 Å². The van der Waals surface area contributed by atoms with Crippen LogP contribution in [0.25, 0.3) is 0 Å². The van der Waals surface area contributed by atoms with Crippen LogP contribution in [-0.2, 0) is 4.79 Å². The minimum absolute atomic E-state index is 0.392. The van der Waals surface area contributed by atoms with Crippen molar-refractivity contribution in [2.24, 2.45) is 5.92 Å². The molecule has 82 valence electrons. The van der Waals surface area contributed by atoms with Gasteiger partial charge in [-0.3, -0.25) is 0 Å². The third kappa shape index (κ3) is 6.70. The van der Waals surface area contributed by atoms with E-state index in [0.717, 1.165) is 6.42 Å². The van der Waals surface area contributed by atoms with Gasteiger partial charge in [-0.1, -0.05) is 45.6 Å². The first-order valence-electron chi connectivity index (χ1n) is 5.49. The molecule has 0 saturated carbocycles. The second kappa shape index (κ2) is 7.60. The summed E-state index contributed by atoms with van der Waals surface area (Å²) in [5, 5.41) is 8.67. The van der Waals surface area contributed by atoms with E-state index in [-0.39, 0.29) is 0 Å². The van der Waals surface area contributed by atoms with Gasteiger partial charge in [0.25, 0.3) is 0 Å². The van der Waals surface area contributed by atoms with Crippen molar-refractivity contribution in [2.75, 3.05) is 0 Å². The lowest BCUT2D eigenvalue weighted by atomic mass is 10.0. The molecule has 2 nitrogen and oxygen atoms in total. The Kier molecular flexibility index (Phi) is 7.17. The Bertz CT molecular complexity index is 194. The molecule has 2 heteroatoms. The van der Waals surface area contributed by atoms with Crippen LogP contribution >= 0.6 is 0 Å². The van der Waals surface area contributed by atoms with E-state index < -0.39 is 5.97 Å². The van der Waals surface area contributed by atoms with Crippen molar-refractivity contribution in [1.82, 2.24) is 0 Å². The zero-order valence-corrected chi connectivity index (χ0v) is 9.55. The van der Waals surface area contributed by atoms with Gasteiger partial charge in [0, 0.05) is 5.57 Å². The zero-order chi connectivity index (χ0) is 11.0. The molecule has 0 amide bonds. The third-order valence-corrected chi connectivity index (χ3v) is 2.38. The second-order valence-corrected chi connectivity index (χ2v) is 3.98. The average molecular weight is 198 g/mol. The Morgan fingerprint density at radius 1 is 1.36 bits per heavy atom. The van der Waals surface area contributed by atoms with Gasteiger partial charge in [0.2, 0.25) is 0 Å². The maximum atomic E-state index is 10.5. The van der Waals surface area contributed by atoms with Crippen LogP contribution in [0.3, 0.4) is 0 Å². The standard InChI is InChI=1S/C12H22O2/c1-4-5-6-7-8-10(2)9-11(3)12(13)14/h9-10H,4-8H2,1-3H3,(H,13,14). The SMILES string of the molecule is CCCCCCC(C)C=C(C)C(=O)O. The first kappa shape index (κ1) is 13.2. The van der Waals surface area contributed by atoms with Crippen molar-refractivity contribution < 1.29 is 9.90 Å². The quantitative estimate of drug-likeness (QED) is 0.501. The molecule has 0 aromatic heterocycles. The topological polar surface area (TPSA) is 37.3 Å². The van der Waals surface area contributed by atoms with E-state index in [2.05, 4.69) is 13.8 Å². The summed E-state index contributed by atoms with van der Waals surface area (Å²) >= 11 is 0. The number of aliphatic carboxylic acids is 1. The lowest BCUT2D eigenvalue weighted by molar-refractivity contribution is -0.132. The van der Waals surface area contributed by atoms with E-state index in [1.165, 1.54) is 25.7 Å². The fraction of sp³-hybridized carbons (Fsp3) is 0.750. The highest BCUT2D eigenvalue weighted by Crippen LogP contribution is 2.13. The summed E-state index contributed by atoms with van der Waals surface area (Å²) in [7, 11) is 0. The summed E-state index contributed by atoms with van der Waals surface area (Å²) in [6.07, 6.45) is 7.96. The number of rotatable bonds is 7. The molecule has 1 N–H and O–H groups in total. The summed E-state index contributed by atoms with van der Waals surface area (Å²) in [5.74, 6) is -0.409. The van der Waals surface area contributed by atoms with Crippen molar-refractivity contribution in [3.8, 4) is 0 Å². The van der Waals surface area contributed by atoms with Crippen molar-refractivity contribution in [3.63, 3.8) is 0 Å². The van der Waals surface area contributed by atoms with E-state index in [4.69, 9.17) is 5.11 Å². The third-order valence-electron chi connectivity index (χ3n) is 2.38. The van der Waals surface area contributed by atoms with Crippen molar-refractivity contribution in [1.29, 1.82) is 0 Å². The molecular formula is C12H22O2. The van der Waals surface area contributed by atoms with Crippen LogP contribution in [0.1, 0.15) is 52.9 Å². The summed E-state index contributed by atoms with van der Waals surface area (Å²) in [6.45, 7) is 5.93. The highest BCUT2D eigenvalue weighted by atomic mass is 16.4. The molecule has 1 unspecified atom stereocenters. The predicted molar refractivity (Wildman–Crippen MR) is 59.3 cm³/mol. The lowest BCUT2D eigenvalue weighted by Gasteiger charge is -2.06. The molecule has 14 heavy (non-hydrogen) atoms. The Morgan fingerprint density at radius 2 is 2.00 bits per heavy atom. The van der Waals surface area contributed by atoms with Gasteiger partial charge < -0.3 is 5.11 Å². The molecule has 0 radical (unpaired) electrons. The Hall–Kier alpha value is -0.790. The monoisotopic (exact) mass is 198 g/mol. The number of carboxylic acids is 1. The normalized spacial score (nSPS) is 14.1. The van der Waals surface area contributed by atoms with Gasteiger partial charge in [-0.05, 0) is 19.3 Å². The minimum Gasteiger partial charge on any atom is -0.478 e. The predicted octanol–water partition coefficient (Wildman–Crippen LogP) is 3.62. The molecule has 0 bridgehead atoms. The molecule has 0 fully saturated rings. The van der Waals surface area contributed by atoms with E-state index in [1.807, 2.05) is 6.08 Å². The molecule has 0 aliphatic heterocycles. The Morgan fingerprint density at radius 3 is 2.50 bits per heavy atom. The van der Waals surface area contributed by atoms with Gasteiger partial charge in [0.05, 0.1) is 0 Å². The molecule has 1 atom stereocenters. The summed E-state index contributed by atoms with van der Waals surface area (Å²) in [4.78, 5) is 10.5. The van der Waals surface area contributed by atoms with E-state index in [0.29, 0.717) is 11.5 Å². The number of hydrogen-bond donors (Lipinski definition) is 1.